The number of halogens is 5. The van der Waals surface area contributed by atoms with E-state index in [2.05, 4.69) is 20.9 Å². The number of aliphatic imine (C=N–C) groups is 1. The average molecular weight is 400 g/mol. The summed E-state index contributed by atoms with van der Waals surface area (Å²) in [5, 5.41) is 3.49. The summed E-state index contributed by atoms with van der Waals surface area (Å²) in [6, 6.07) is 0. The van der Waals surface area contributed by atoms with Gasteiger partial charge in [0.1, 0.15) is 5.83 Å². The number of hydrogen-bond acceptors (Lipinski definition) is 3. The van der Waals surface area contributed by atoms with Crippen LogP contribution in [0.4, 0.5) is 17.6 Å². The van der Waals surface area contributed by atoms with Gasteiger partial charge in [-0.05, 0) is 35.4 Å². The van der Waals surface area contributed by atoms with Gasteiger partial charge in [-0.15, -0.1) is 0 Å². The fraction of sp³-hybridized carbons (Fsp3) is 0.357. The van der Waals surface area contributed by atoms with Gasteiger partial charge in [-0.1, -0.05) is 6.92 Å². The van der Waals surface area contributed by atoms with Crippen molar-refractivity contribution in [2.45, 2.75) is 26.4 Å². The predicted molar refractivity (Wildman–Crippen MR) is 83.8 cm³/mol. The van der Waals surface area contributed by atoms with Crippen molar-refractivity contribution in [2.75, 3.05) is 7.11 Å². The van der Waals surface area contributed by atoms with Crippen LogP contribution in [-0.4, -0.2) is 19.0 Å². The molecule has 122 valence electrons. The maximum Gasteiger partial charge on any atom is 0.424 e. The summed E-state index contributed by atoms with van der Waals surface area (Å²) in [7, 11) is 1.03. The van der Waals surface area contributed by atoms with E-state index in [9.17, 15) is 17.6 Å². The van der Waals surface area contributed by atoms with Crippen molar-refractivity contribution in [1.29, 1.82) is 0 Å². The number of rotatable bonds is 5. The first-order valence-corrected chi connectivity index (χ1v) is 7.94. The third-order valence-electron chi connectivity index (χ3n) is 2.59. The quantitative estimate of drug-likeness (QED) is 0.257. The standard InChI is InChI=1S/C14H14BrF4NOS/c1-4-5-11(16)12(14(17,18)19)13(21-3)20-8(2)9-6-22-7-10(9)15/h5-7H,4H2,1-3H3/b11-5-,13-12-,20-8+. The summed E-state index contributed by atoms with van der Waals surface area (Å²) in [6.45, 7) is 3.07. The fourth-order valence-corrected chi connectivity index (χ4v) is 3.22. The Hall–Kier alpha value is -1.15. The zero-order chi connectivity index (χ0) is 16.9. The van der Waals surface area contributed by atoms with E-state index in [1.54, 1.807) is 10.8 Å². The Morgan fingerprint density at radius 1 is 1.41 bits per heavy atom. The Morgan fingerprint density at radius 3 is 2.45 bits per heavy atom. The van der Waals surface area contributed by atoms with Crippen LogP contribution in [0, 0.1) is 0 Å². The van der Waals surface area contributed by atoms with E-state index in [-0.39, 0.29) is 12.1 Å². The normalized spacial score (nSPS) is 14.9. The molecule has 0 N–H and O–H groups in total. The van der Waals surface area contributed by atoms with Crippen molar-refractivity contribution in [3.63, 3.8) is 0 Å². The molecule has 8 heteroatoms. The van der Waals surface area contributed by atoms with E-state index in [4.69, 9.17) is 4.74 Å². The summed E-state index contributed by atoms with van der Waals surface area (Å²) < 4.78 is 58.5. The molecule has 0 unspecified atom stereocenters. The second-order valence-corrected chi connectivity index (χ2v) is 5.77. The molecule has 2 nitrogen and oxygen atoms in total. The molecule has 0 saturated carbocycles. The molecule has 1 aromatic rings. The molecule has 0 bridgehead atoms. The number of thiophene rings is 1. The van der Waals surface area contributed by atoms with Crippen molar-refractivity contribution in [3.05, 3.63) is 44.2 Å². The molecule has 1 rings (SSSR count). The van der Waals surface area contributed by atoms with Gasteiger partial charge in [-0.2, -0.15) is 24.5 Å². The molecular formula is C14H14BrF4NOS. The smallest absolute Gasteiger partial charge is 0.424 e. The summed E-state index contributed by atoms with van der Waals surface area (Å²) in [5.41, 5.74) is -0.598. The number of allylic oxidation sites excluding steroid dienone is 3. The summed E-state index contributed by atoms with van der Waals surface area (Å²) in [6.07, 6.45) is -3.94. The lowest BCUT2D eigenvalue weighted by Crippen LogP contribution is -2.16. The molecule has 0 atom stereocenters. The lowest BCUT2D eigenvalue weighted by atomic mass is 10.2. The van der Waals surface area contributed by atoms with Crippen molar-refractivity contribution >= 4 is 33.0 Å². The molecular weight excluding hydrogens is 386 g/mol. The third kappa shape index (κ3) is 4.67. The molecule has 0 aliphatic heterocycles. The number of alkyl halides is 3. The second kappa shape index (κ2) is 7.92. The molecule has 0 spiro atoms. The van der Waals surface area contributed by atoms with Gasteiger partial charge in [0, 0.05) is 20.8 Å². The number of nitrogens with zero attached hydrogens (tertiary/aromatic N) is 1. The monoisotopic (exact) mass is 399 g/mol. The highest BCUT2D eigenvalue weighted by Crippen LogP contribution is 2.35. The minimum atomic E-state index is -4.91. The minimum absolute atomic E-state index is 0.126. The molecule has 0 saturated heterocycles. The van der Waals surface area contributed by atoms with Crippen LogP contribution >= 0.6 is 27.3 Å². The fourth-order valence-electron chi connectivity index (χ4n) is 1.60. The number of ether oxygens (including phenoxy) is 1. The van der Waals surface area contributed by atoms with E-state index in [0.29, 0.717) is 10.0 Å². The molecule has 1 aromatic heterocycles. The van der Waals surface area contributed by atoms with Gasteiger partial charge < -0.3 is 4.74 Å². The summed E-state index contributed by atoms with van der Waals surface area (Å²) in [5.74, 6) is -2.20. The van der Waals surface area contributed by atoms with Gasteiger partial charge in [-0.3, -0.25) is 0 Å². The van der Waals surface area contributed by atoms with Crippen LogP contribution in [0.2, 0.25) is 0 Å². The molecule has 0 amide bonds. The Morgan fingerprint density at radius 2 is 2.05 bits per heavy atom. The molecule has 1 heterocycles. The van der Waals surface area contributed by atoms with Crippen LogP contribution < -0.4 is 0 Å². The Balaban J connectivity index is 3.46. The highest BCUT2D eigenvalue weighted by molar-refractivity contribution is 9.10. The zero-order valence-electron chi connectivity index (χ0n) is 12.1. The van der Waals surface area contributed by atoms with E-state index in [1.807, 2.05) is 0 Å². The van der Waals surface area contributed by atoms with Gasteiger partial charge in [0.05, 0.1) is 12.8 Å². The van der Waals surface area contributed by atoms with Gasteiger partial charge in [0.25, 0.3) is 0 Å². The highest BCUT2D eigenvalue weighted by atomic mass is 79.9. The first-order chi connectivity index (χ1) is 10.2. The van der Waals surface area contributed by atoms with Crippen molar-refractivity contribution in [1.82, 2.24) is 0 Å². The summed E-state index contributed by atoms with van der Waals surface area (Å²) in [4.78, 5) is 3.82. The summed E-state index contributed by atoms with van der Waals surface area (Å²) >= 11 is 4.64. The van der Waals surface area contributed by atoms with E-state index in [0.717, 1.165) is 13.2 Å². The van der Waals surface area contributed by atoms with E-state index < -0.39 is 23.5 Å². The van der Waals surface area contributed by atoms with E-state index in [1.165, 1.54) is 25.2 Å². The Labute approximate surface area is 138 Å². The SMILES string of the molecule is CC/C=C(F)/C(=C(\N=C(/C)c1cscc1Br)OC)C(F)(F)F. The minimum Gasteiger partial charge on any atom is -0.480 e. The maximum absolute atomic E-state index is 13.8. The van der Waals surface area contributed by atoms with Crippen LogP contribution in [0.15, 0.2) is 43.6 Å². The Bertz CT molecular complexity index is 617. The lowest BCUT2D eigenvalue weighted by molar-refractivity contribution is -0.0944. The van der Waals surface area contributed by atoms with Gasteiger partial charge in [-0.25, -0.2) is 9.38 Å². The Kier molecular flexibility index (Phi) is 6.80. The van der Waals surface area contributed by atoms with E-state index >= 15 is 0 Å². The van der Waals surface area contributed by atoms with Gasteiger partial charge in [0.15, 0.2) is 5.57 Å². The molecule has 0 aliphatic carbocycles. The first-order valence-electron chi connectivity index (χ1n) is 6.21. The van der Waals surface area contributed by atoms with Crippen molar-refractivity contribution in [2.24, 2.45) is 4.99 Å². The number of hydrogen-bond donors (Lipinski definition) is 0. The first kappa shape index (κ1) is 18.9. The zero-order valence-corrected chi connectivity index (χ0v) is 14.5. The maximum atomic E-state index is 13.8. The average Bonchev–Trinajstić information content (AvgIpc) is 2.82. The van der Waals surface area contributed by atoms with Crippen LogP contribution in [0.5, 0.6) is 0 Å². The molecule has 0 fully saturated rings. The topological polar surface area (TPSA) is 21.6 Å². The highest BCUT2D eigenvalue weighted by Gasteiger charge is 2.40. The second-order valence-electron chi connectivity index (χ2n) is 4.17. The van der Waals surface area contributed by atoms with Crippen LogP contribution in [0.25, 0.3) is 0 Å². The van der Waals surface area contributed by atoms with Gasteiger partial charge in [0.2, 0.25) is 5.88 Å². The van der Waals surface area contributed by atoms with Crippen molar-refractivity contribution < 1.29 is 22.3 Å². The van der Waals surface area contributed by atoms with Crippen molar-refractivity contribution in [3.8, 4) is 0 Å². The van der Waals surface area contributed by atoms with Gasteiger partial charge >= 0.3 is 6.18 Å². The third-order valence-corrected chi connectivity index (χ3v) is 4.29. The van der Waals surface area contributed by atoms with Crippen LogP contribution in [0.1, 0.15) is 25.8 Å². The molecule has 22 heavy (non-hydrogen) atoms. The molecule has 0 aromatic carbocycles. The lowest BCUT2D eigenvalue weighted by Gasteiger charge is -2.13. The predicted octanol–water partition coefficient (Wildman–Crippen LogP) is 6.00. The molecule has 0 aliphatic rings. The van der Waals surface area contributed by atoms with Crippen LogP contribution in [-0.2, 0) is 4.74 Å². The van der Waals surface area contributed by atoms with Crippen LogP contribution in [0.3, 0.4) is 0 Å². The largest absolute Gasteiger partial charge is 0.480 e. The molecule has 0 radical (unpaired) electrons. The number of methoxy groups -OCH3 is 1.